The fourth-order valence-corrected chi connectivity index (χ4v) is 4.12. The minimum atomic E-state index is -0.371. The van der Waals surface area contributed by atoms with E-state index in [2.05, 4.69) is 22.2 Å². The Morgan fingerprint density at radius 3 is 2.72 bits per heavy atom. The van der Waals surface area contributed by atoms with Crippen molar-refractivity contribution in [1.29, 1.82) is 0 Å². The highest BCUT2D eigenvalue weighted by atomic mass is 35.5. The van der Waals surface area contributed by atoms with Crippen LogP contribution >= 0.6 is 22.9 Å². The Hall–Kier alpha value is -1.63. The molecule has 0 bridgehead atoms. The van der Waals surface area contributed by atoms with E-state index in [1.807, 2.05) is 7.05 Å². The molecule has 1 aromatic heterocycles. The molecule has 1 aliphatic heterocycles. The lowest BCUT2D eigenvalue weighted by molar-refractivity contribution is 0.103. The number of nitrogens with one attached hydrogen (secondary N) is 1. The molecule has 3 rings (SSSR count). The van der Waals surface area contributed by atoms with Gasteiger partial charge in [0.2, 0.25) is 0 Å². The van der Waals surface area contributed by atoms with Crippen LogP contribution in [0.5, 0.6) is 0 Å². The molecule has 0 spiro atoms. The molecule has 2 aromatic rings. The molecule has 1 aliphatic rings. The number of nitrogens with zero attached hydrogens (tertiary/aromatic N) is 2. The molecule has 4 nitrogen and oxygen atoms in total. The van der Waals surface area contributed by atoms with Crippen LogP contribution in [0.3, 0.4) is 0 Å². The average Bonchev–Trinajstić information content (AvgIpc) is 3.00. The summed E-state index contributed by atoms with van der Waals surface area (Å²) in [7, 11) is 4.09. The van der Waals surface area contributed by atoms with Gasteiger partial charge in [-0.1, -0.05) is 11.6 Å². The van der Waals surface area contributed by atoms with Crippen molar-refractivity contribution in [2.24, 2.45) is 0 Å². The molecule has 1 aromatic carbocycles. The van der Waals surface area contributed by atoms with E-state index in [4.69, 9.17) is 11.6 Å². The molecule has 0 unspecified atom stereocenters. The smallest absolute Gasteiger partial charge is 0.267 e. The van der Waals surface area contributed by atoms with Crippen LogP contribution in [-0.2, 0) is 0 Å². The van der Waals surface area contributed by atoms with Gasteiger partial charge in [0.05, 0.1) is 5.02 Å². The molecular weight excluding hydrogens is 361 g/mol. The van der Waals surface area contributed by atoms with Gasteiger partial charge >= 0.3 is 0 Å². The number of likely N-dealkylation sites (tertiary alicyclic amines) is 1. The Morgan fingerprint density at radius 2 is 2.08 bits per heavy atom. The number of amides is 1. The first kappa shape index (κ1) is 18.2. The topological polar surface area (TPSA) is 35.6 Å². The van der Waals surface area contributed by atoms with Crippen LogP contribution in [-0.4, -0.2) is 44.0 Å². The highest BCUT2D eigenvalue weighted by molar-refractivity contribution is 7.12. The average molecular weight is 382 g/mol. The zero-order valence-electron chi connectivity index (χ0n) is 14.3. The summed E-state index contributed by atoms with van der Waals surface area (Å²) in [5.41, 5.74) is 1.20. The van der Waals surface area contributed by atoms with E-state index in [0.29, 0.717) is 21.6 Å². The molecule has 25 heavy (non-hydrogen) atoms. The summed E-state index contributed by atoms with van der Waals surface area (Å²) >= 11 is 7.25. The standard InChI is InChI=1S/C18H21ClFN3OS/c1-22-6-3-14(4-7-22)23(2)15-10-12(20)9-13(11-15)21-18(24)17-16(19)5-8-25-17/h5,8-11,14H,3-4,6-7H2,1-2H3,(H,21,24). The number of piperidine rings is 1. The Kier molecular flexibility index (Phi) is 5.61. The highest BCUT2D eigenvalue weighted by Gasteiger charge is 2.22. The SMILES string of the molecule is CN1CCC(N(C)c2cc(F)cc(NC(=O)c3sccc3Cl)c2)CC1. The molecule has 1 saturated heterocycles. The number of carbonyl (C=O) groups excluding carboxylic acids is 1. The van der Waals surface area contributed by atoms with Gasteiger partial charge in [0.25, 0.3) is 5.91 Å². The largest absolute Gasteiger partial charge is 0.371 e. The van der Waals surface area contributed by atoms with Crippen LogP contribution < -0.4 is 10.2 Å². The molecule has 134 valence electrons. The van der Waals surface area contributed by atoms with E-state index in [9.17, 15) is 9.18 Å². The first-order valence-corrected chi connectivity index (χ1v) is 9.46. The van der Waals surface area contributed by atoms with Crippen LogP contribution in [0.4, 0.5) is 15.8 Å². The number of anilines is 2. The van der Waals surface area contributed by atoms with Gasteiger partial charge in [-0.25, -0.2) is 4.39 Å². The van der Waals surface area contributed by atoms with Crippen LogP contribution in [0.1, 0.15) is 22.5 Å². The van der Waals surface area contributed by atoms with Crippen molar-refractivity contribution in [2.45, 2.75) is 18.9 Å². The molecule has 2 heterocycles. The van der Waals surface area contributed by atoms with Crippen molar-refractivity contribution in [3.63, 3.8) is 0 Å². The van der Waals surface area contributed by atoms with Gasteiger partial charge in [-0.3, -0.25) is 4.79 Å². The van der Waals surface area contributed by atoms with Gasteiger partial charge in [-0.2, -0.15) is 0 Å². The molecule has 1 amide bonds. The maximum absolute atomic E-state index is 14.1. The molecule has 1 fully saturated rings. The minimum absolute atomic E-state index is 0.321. The minimum Gasteiger partial charge on any atom is -0.371 e. The van der Waals surface area contributed by atoms with Crippen molar-refractivity contribution in [1.82, 2.24) is 4.90 Å². The Balaban J connectivity index is 1.76. The monoisotopic (exact) mass is 381 g/mol. The van der Waals surface area contributed by atoms with Gasteiger partial charge < -0.3 is 15.1 Å². The van der Waals surface area contributed by atoms with Gasteiger partial charge in [0.1, 0.15) is 10.7 Å². The number of thiophene rings is 1. The zero-order chi connectivity index (χ0) is 18.0. The number of rotatable bonds is 4. The van der Waals surface area contributed by atoms with Crippen molar-refractivity contribution in [3.05, 3.63) is 45.4 Å². The number of benzene rings is 1. The van der Waals surface area contributed by atoms with Crippen molar-refractivity contribution in [2.75, 3.05) is 37.4 Å². The molecular formula is C18H21ClFN3OS. The Morgan fingerprint density at radius 1 is 1.36 bits per heavy atom. The first-order valence-electron chi connectivity index (χ1n) is 8.20. The normalized spacial score (nSPS) is 16.0. The lowest BCUT2D eigenvalue weighted by atomic mass is 10.0. The molecule has 0 radical (unpaired) electrons. The third-order valence-corrected chi connectivity index (χ3v) is 5.95. The van der Waals surface area contributed by atoms with Crippen LogP contribution in [0.15, 0.2) is 29.6 Å². The van der Waals surface area contributed by atoms with E-state index < -0.39 is 0 Å². The molecule has 0 aliphatic carbocycles. The first-order chi connectivity index (χ1) is 11.9. The Bertz CT molecular complexity index is 759. The van der Waals surface area contributed by atoms with Crippen LogP contribution in [0.2, 0.25) is 5.02 Å². The number of halogens is 2. The number of hydrogen-bond acceptors (Lipinski definition) is 4. The van der Waals surface area contributed by atoms with E-state index >= 15 is 0 Å². The summed E-state index contributed by atoms with van der Waals surface area (Å²) in [6, 6.07) is 6.68. The maximum atomic E-state index is 14.1. The van der Waals surface area contributed by atoms with Crippen molar-refractivity contribution >= 4 is 40.2 Å². The molecule has 0 saturated carbocycles. The van der Waals surface area contributed by atoms with E-state index in [-0.39, 0.29) is 11.7 Å². The maximum Gasteiger partial charge on any atom is 0.267 e. The predicted molar refractivity (Wildman–Crippen MR) is 103 cm³/mol. The third-order valence-electron chi connectivity index (χ3n) is 4.61. The summed E-state index contributed by atoms with van der Waals surface area (Å²) < 4.78 is 14.1. The fraction of sp³-hybridized carbons (Fsp3) is 0.389. The van der Waals surface area contributed by atoms with E-state index in [0.717, 1.165) is 31.6 Å². The molecule has 0 atom stereocenters. The summed E-state index contributed by atoms with van der Waals surface area (Å²) in [4.78, 5) is 17.1. The van der Waals surface area contributed by atoms with Crippen molar-refractivity contribution in [3.8, 4) is 0 Å². The second-order valence-corrected chi connectivity index (χ2v) is 7.72. The van der Waals surface area contributed by atoms with Crippen molar-refractivity contribution < 1.29 is 9.18 Å². The lowest BCUT2D eigenvalue weighted by Gasteiger charge is -2.36. The summed E-state index contributed by atoms with van der Waals surface area (Å²) in [5.74, 6) is -0.691. The fourth-order valence-electron chi connectivity index (χ4n) is 3.09. The summed E-state index contributed by atoms with van der Waals surface area (Å²) in [6.45, 7) is 2.07. The van der Waals surface area contributed by atoms with Gasteiger partial charge in [0.15, 0.2) is 0 Å². The van der Waals surface area contributed by atoms with Crippen LogP contribution in [0.25, 0.3) is 0 Å². The lowest BCUT2D eigenvalue weighted by Crippen LogP contribution is -2.42. The third kappa shape index (κ3) is 4.32. The van der Waals surface area contributed by atoms with Gasteiger partial charge in [-0.05, 0) is 62.6 Å². The van der Waals surface area contributed by atoms with Gasteiger partial charge in [0, 0.05) is 24.5 Å². The zero-order valence-corrected chi connectivity index (χ0v) is 15.8. The second-order valence-electron chi connectivity index (χ2n) is 6.40. The molecule has 1 N–H and O–H groups in total. The molecule has 7 heteroatoms. The summed E-state index contributed by atoms with van der Waals surface area (Å²) in [6.07, 6.45) is 2.08. The quantitative estimate of drug-likeness (QED) is 0.856. The van der Waals surface area contributed by atoms with E-state index in [1.165, 1.54) is 23.5 Å². The van der Waals surface area contributed by atoms with Crippen LogP contribution in [0, 0.1) is 5.82 Å². The number of hydrogen-bond donors (Lipinski definition) is 1. The Labute approximate surface area is 156 Å². The number of carbonyl (C=O) groups is 1. The second kappa shape index (κ2) is 7.72. The van der Waals surface area contributed by atoms with E-state index in [1.54, 1.807) is 17.5 Å². The van der Waals surface area contributed by atoms with Gasteiger partial charge in [-0.15, -0.1) is 11.3 Å². The highest BCUT2D eigenvalue weighted by Crippen LogP contribution is 2.28. The predicted octanol–water partition coefficient (Wildman–Crippen LogP) is 4.32. The summed E-state index contributed by atoms with van der Waals surface area (Å²) in [5, 5.41) is 4.90.